The van der Waals surface area contributed by atoms with E-state index in [1.165, 1.54) is 4.90 Å². The van der Waals surface area contributed by atoms with Crippen molar-refractivity contribution in [3.8, 4) is 5.75 Å². The van der Waals surface area contributed by atoms with Crippen molar-refractivity contribution in [2.75, 3.05) is 6.54 Å². The first-order valence-electron chi connectivity index (χ1n) is 11.0. The highest BCUT2D eigenvalue weighted by molar-refractivity contribution is 5.81. The van der Waals surface area contributed by atoms with E-state index >= 15 is 0 Å². The number of likely N-dealkylation sites (tertiary alicyclic amines) is 1. The molecule has 3 atom stereocenters. The van der Waals surface area contributed by atoms with Gasteiger partial charge in [-0.3, -0.25) is 15.1 Å². The van der Waals surface area contributed by atoms with Crippen LogP contribution in [0.2, 0.25) is 0 Å². The predicted molar refractivity (Wildman–Crippen MR) is 125 cm³/mol. The number of nitrogens with two attached hydrogens (primary N) is 2. The summed E-state index contributed by atoms with van der Waals surface area (Å²) in [6, 6.07) is 14.4. The molecule has 10 heteroatoms. The molecule has 0 unspecified atom stereocenters. The molecule has 2 aromatic carbocycles. The quantitative estimate of drug-likeness (QED) is 0.241. The number of piperidine rings is 1. The van der Waals surface area contributed by atoms with Gasteiger partial charge in [0.25, 0.3) is 5.91 Å². The first-order valence-corrected chi connectivity index (χ1v) is 11.0. The van der Waals surface area contributed by atoms with Gasteiger partial charge in [-0.05, 0) is 48.4 Å². The lowest BCUT2D eigenvalue weighted by atomic mass is 9.91. The Hall–Kier alpha value is -3.63. The number of aliphatic carboxylic acids is 1. The maximum atomic E-state index is 12.1. The third kappa shape index (κ3) is 8.05. The summed E-state index contributed by atoms with van der Waals surface area (Å²) in [5.74, 6) is 3.70. The second kappa shape index (κ2) is 13.2. The first-order chi connectivity index (χ1) is 16.2. The van der Waals surface area contributed by atoms with Crippen LogP contribution in [0.5, 0.6) is 5.75 Å². The number of carboxylic acid groups (broad SMARTS) is 1. The van der Waals surface area contributed by atoms with Crippen molar-refractivity contribution in [2.24, 2.45) is 17.5 Å². The Morgan fingerprint density at radius 3 is 2.35 bits per heavy atom. The molecular formula is C24H32N4O6. The van der Waals surface area contributed by atoms with Gasteiger partial charge in [0.1, 0.15) is 18.4 Å². The number of phenols is 1. The second-order valence-corrected chi connectivity index (χ2v) is 8.12. The minimum Gasteiger partial charge on any atom is -0.508 e. The number of nitrogens with zero attached hydrogens (tertiary/aromatic N) is 1. The Bertz CT molecular complexity index is 938. The fraction of sp³-hybridized carbons (Fsp3) is 0.375. The number of amides is 2. The van der Waals surface area contributed by atoms with Gasteiger partial charge in [0.05, 0.1) is 6.04 Å². The van der Waals surface area contributed by atoms with E-state index in [1.54, 1.807) is 24.3 Å². The normalized spacial score (nSPS) is 18.1. The van der Waals surface area contributed by atoms with Gasteiger partial charge < -0.3 is 20.7 Å². The van der Waals surface area contributed by atoms with E-state index in [-0.39, 0.29) is 18.3 Å². The third-order valence-corrected chi connectivity index (χ3v) is 5.50. The Morgan fingerprint density at radius 2 is 1.76 bits per heavy atom. The molecule has 0 saturated carbocycles. The number of ether oxygens (including phenoxy) is 1. The molecule has 7 N–H and O–H groups in total. The number of hydrogen-bond acceptors (Lipinski definition) is 7. The molecule has 1 fully saturated rings. The number of hydrogen-bond donors (Lipinski definition) is 5. The molecule has 2 amide bonds. The van der Waals surface area contributed by atoms with Crippen LogP contribution in [-0.2, 0) is 27.4 Å². The summed E-state index contributed by atoms with van der Waals surface area (Å²) < 4.78 is 5.22. The number of benzene rings is 2. The lowest BCUT2D eigenvalue weighted by Crippen LogP contribution is -2.52. The van der Waals surface area contributed by atoms with E-state index in [4.69, 9.17) is 21.4 Å². The van der Waals surface area contributed by atoms with Crippen LogP contribution in [0.4, 0.5) is 4.79 Å². The number of nitrogens with one attached hydrogen (secondary N) is 1. The summed E-state index contributed by atoms with van der Waals surface area (Å²) in [7, 11) is 0. The second-order valence-electron chi connectivity index (χ2n) is 8.12. The summed E-state index contributed by atoms with van der Waals surface area (Å²) in [5.41, 5.74) is 9.29. The molecule has 1 aliphatic rings. The molecule has 0 radical (unpaired) electrons. The van der Waals surface area contributed by atoms with Crippen LogP contribution in [-0.4, -0.2) is 51.7 Å². The zero-order valence-corrected chi connectivity index (χ0v) is 19.1. The Labute approximate surface area is 198 Å². The fourth-order valence-electron chi connectivity index (χ4n) is 3.66. The van der Waals surface area contributed by atoms with Gasteiger partial charge in [-0.15, -0.1) is 0 Å². The maximum Gasteiger partial charge on any atom is 0.410 e. The molecule has 1 aliphatic heterocycles. The van der Waals surface area contributed by atoms with Crippen LogP contribution in [0.25, 0.3) is 0 Å². The number of aromatic hydroxyl groups is 1. The number of carbonyl (C=O) groups excluding carboxylic acids is 2. The Morgan fingerprint density at radius 1 is 1.12 bits per heavy atom. The number of hydrazine groups is 1. The third-order valence-electron chi connectivity index (χ3n) is 5.50. The molecule has 0 spiro atoms. The SMILES string of the molecule is C[C@H]1CCCN(C(=O)OCc2ccccc2)[C@H]1C(=O)O.NNC(=O)[C@H](N)Cc1ccc(O)cc1. The predicted octanol–water partition coefficient (Wildman–Crippen LogP) is 1.76. The maximum absolute atomic E-state index is 12.1. The van der Waals surface area contributed by atoms with Crippen LogP contribution in [0.15, 0.2) is 54.6 Å². The van der Waals surface area contributed by atoms with Gasteiger partial charge in [0, 0.05) is 6.54 Å². The number of carbonyl (C=O) groups is 3. The van der Waals surface area contributed by atoms with Crippen molar-refractivity contribution in [1.82, 2.24) is 10.3 Å². The monoisotopic (exact) mass is 472 g/mol. The van der Waals surface area contributed by atoms with Gasteiger partial charge in [0.2, 0.25) is 0 Å². The van der Waals surface area contributed by atoms with E-state index in [0.717, 1.165) is 24.0 Å². The minimum absolute atomic E-state index is 0.0504. The summed E-state index contributed by atoms with van der Waals surface area (Å²) in [4.78, 5) is 35.7. The van der Waals surface area contributed by atoms with E-state index in [2.05, 4.69) is 0 Å². The fourth-order valence-corrected chi connectivity index (χ4v) is 3.66. The van der Waals surface area contributed by atoms with Crippen LogP contribution in [0.1, 0.15) is 30.9 Å². The summed E-state index contributed by atoms with van der Waals surface area (Å²) in [5, 5.41) is 18.3. The van der Waals surface area contributed by atoms with Crippen LogP contribution in [0, 0.1) is 5.92 Å². The van der Waals surface area contributed by atoms with Crippen molar-refractivity contribution in [3.05, 3.63) is 65.7 Å². The average Bonchev–Trinajstić information content (AvgIpc) is 2.84. The summed E-state index contributed by atoms with van der Waals surface area (Å²) in [6.45, 7) is 2.46. The van der Waals surface area contributed by atoms with Crippen molar-refractivity contribution in [1.29, 1.82) is 0 Å². The highest BCUT2D eigenvalue weighted by Gasteiger charge is 2.37. The Kier molecular flexibility index (Phi) is 10.3. The molecule has 1 saturated heterocycles. The average molecular weight is 473 g/mol. The first kappa shape index (κ1) is 26.6. The highest BCUT2D eigenvalue weighted by Crippen LogP contribution is 2.24. The van der Waals surface area contributed by atoms with Gasteiger partial charge >= 0.3 is 12.1 Å². The standard InChI is InChI=1S/C15H19NO4.C9H13N3O2/c1-11-6-5-9-16(13(11)14(17)18)15(19)20-10-12-7-3-2-4-8-12;10-8(9(14)12-11)5-6-1-3-7(13)4-2-6/h2-4,7-8,11,13H,5-6,9-10H2,1H3,(H,17,18);1-4,8,13H,5,10-11H2,(H,12,14)/t11-,13+;8-/m01/s1. The molecule has 0 bridgehead atoms. The lowest BCUT2D eigenvalue weighted by molar-refractivity contribution is -0.146. The van der Waals surface area contributed by atoms with Gasteiger partial charge in [-0.2, -0.15) is 0 Å². The van der Waals surface area contributed by atoms with E-state index < -0.39 is 30.1 Å². The smallest absolute Gasteiger partial charge is 0.410 e. The molecule has 0 aromatic heterocycles. The van der Waals surface area contributed by atoms with Gasteiger partial charge in [0.15, 0.2) is 0 Å². The molecule has 34 heavy (non-hydrogen) atoms. The van der Waals surface area contributed by atoms with Gasteiger partial charge in [-0.1, -0.05) is 49.4 Å². The minimum atomic E-state index is -0.964. The molecule has 0 aliphatic carbocycles. The van der Waals surface area contributed by atoms with Crippen molar-refractivity contribution in [2.45, 2.75) is 44.9 Å². The molecule has 3 rings (SSSR count). The number of phenolic OH excluding ortho intramolecular Hbond substituents is 1. The molecule has 10 nitrogen and oxygen atoms in total. The topological polar surface area (TPSA) is 168 Å². The summed E-state index contributed by atoms with van der Waals surface area (Å²) >= 11 is 0. The van der Waals surface area contributed by atoms with Crippen molar-refractivity contribution in [3.63, 3.8) is 0 Å². The molecule has 1 heterocycles. The van der Waals surface area contributed by atoms with Crippen LogP contribution < -0.4 is 17.0 Å². The van der Waals surface area contributed by atoms with Gasteiger partial charge in [-0.25, -0.2) is 15.4 Å². The number of carboxylic acids is 1. The largest absolute Gasteiger partial charge is 0.508 e. The van der Waals surface area contributed by atoms with E-state index in [9.17, 15) is 19.5 Å². The Balaban J connectivity index is 0.000000257. The van der Waals surface area contributed by atoms with Crippen molar-refractivity contribution >= 4 is 18.0 Å². The molecular weight excluding hydrogens is 440 g/mol. The summed E-state index contributed by atoms with van der Waals surface area (Å²) in [6.07, 6.45) is 1.47. The van der Waals surface area contributed by atoms with Crippen LogP contribution in [0.3, 0.4) is 0 Å². The zero-order valence-electron chi connectivity index (χ0n) is 19.1. The molecule has 2 aromatic rings. The van der Waals surface area contributed by atoms with E-state index in [0.29, 0.717) is 13.0 Å². The number of rotatable bonds is 6. The zero-order chi connectivity index (χ0) is 25.1. The van der Waals surface area contributed by atoms with Crippen molar-refractivity contribution < 1.29 is 29.3 Å². The lowest BCUT2D eigenvalue weighted by Gasteiger charge is -2.36. The van der Waals surface area contributed by atoms with E-state index in [1.807, 2.05) is 42.7 Å². The van der Waals surface area contributed by atoms with Crippen LogP contribution >= 0.6 is 0 Å². The highest BCUT2D eigenvalue weighted by atomic mass is 16.6. The molecule has 184 valence electrons.